The van der Waals surface area contributed by atoms with Crippen molar-refractivity contribution in [2.75, 3.05) is 14.1 Å². The van der Waals surface area contributed by atoms with Crippen LogP contribution in [0.15, 0.2) is 185 Å². The highest BCUT2D eigenvalue weighted by molar-refractivity contribution is 7.10. The van der Waals surface area contributed by atoms with Gasteiger partial charge in [0.25, 0.3) is 0 Å². The molecule has 117 heavy (non-hydrogen) atoms. The first-order valence-electron chi connectivity index (χ1n) is 43.5. The van der Waals surface area contributed by atoms with Crippen LogP contribution >= 0.6 is 0 Å². The van der Waals surface area contributed by atoms with E-state index in [4.69, 9.17) is 0 Å². The summed E-state index contributed by atoms with van der Waals surface area (Å²) >= 11 is 0. The van der Waals surface area contributed by atoms with E-state index in [-0.39, 0.29) is 0 Å². The third-order valence-electron chi connectivity index (χ3n) is 22.6. The number of hydrogen-bond acceptors (Lipinski definition) is 6. The summed E-state index contributed by atoms with van der Waals surface area (Å²) in [5, 5.41) is 4.63. The number of hydrogen-bond donors (Lipinski definition) is 0. The van der Waals surface area contributed by atoms with Gasteiger partial charge < -0.3 is 24.0 Å². The molecule has 0 aliphatic carbocycles. The fraction of sp³-hybridized carbons (Fsp3) is 0.495. The molecule has 0 saturated carbocycles. The molecule has 0 aromatic heterocycles. The molecule has 6 aromatic carbocycles. The lowest BCUT2D eigenvalue weighted by Crippen LogP contribution is -2.74. The van der Waals surface area contributed by atoms with Gasteiger partial charge >= 0.3 is 0 Å². The van der Waals surface area contributed by atoms with E-state index in [2.05, 4.69) is 498 Å². The monoisotopic (exact) mass is 1850 g/mol. The number of nitrogens with zero attached hydrogens (tertiary/aromatic N) is 6. The summed E-state index contributed by atoms with van der Waals surface area (Å²) in [6.07, 6.45) is 11.7. The van der Waals surface area contributed by atoms with Gasteiger partial charge in [-0.2, -0.15) is 0 Å². The SMILES string of the molecule is C=Cc1ccc(C[Si](C)(C)N(C)[Si](C)(C)C)cc1.C=Cc1ccc([Si](C)(C)N([Si](C)(C)C)[Si](C)(C)C)cc1.C=Cc1cccc(C[Si](C)(C)N(C)[Si](C)(C)C)c1.C=Cc1cccc([Si](C)(C)N([Si](C)(C)C)[Si](C)(C)C)c1.C=Cc1ccccc1C[Si](C)(C)N([Si](C)(C)C)[Si](C)(C)C.C=Cc1ccccc1[Si](C)(C)N([Si](C)(C)C)[Si](C)(C)C. The third-order valence-corrected chi connectivity index (χ3v) is 108. The Bertz CT molecular complexity index is 4060. The molecular formula is C95H180N6Si16. The highest BCUT2D eigenvalue weighted by atomic mass is 28.5. The molecule has 0 unspecified atom stereocenters. The molecular weight excluding hydrogens is 1670 g/mol. The predicted molar refractivity (Wildman–Crippen MR) is 590 cm³/mol. The Kier molecular flexibility index (Phi) is 41.9. The van der Waals surface area contributed by atoms with Gasteiger partial charge in [0.1, 0.15) is 132 Å². The zero-order valence-electron chi connectivity index (χ0n) is 84.4. The van der Waals surface area contributed by atoms with Crippen LogP contribution in [0.4, 0.5) is 0 Å². The lowest BCUT2D eigenvalue weighted by atomic mass is 10.1. The lowest BCUT2D eigenvalue weighted by Gasteiger charge is -2.53. The Labute approximate surface area is 743 Å². The van der Waals surface area contributed by atoms with E-state index in [9.17, 15) is 0 Å². The average Bonchev–Trinajstić information content (AvgIpc) is 0.768. The average molecular weight is 1860 g/mol. The van der Waals surface area contributed by atoms with Crippen molar-refractivity contribution < 1.29 is 0 Å². The topological polar surface area (TPSA) is 19.4 Å². The van der Waals surface area contributed by atoms with Crippen LogP contribution in [-0.4, -0.2) is 170 Å². The molecule has 0 N–H and O–H groups in total. The van der Waals surface area contributed by atoms with Gasteiger partial charge in [-0.3, -0.25) is 0 Å². The van der Waals surface area contributed by atoms with E-state index < -0.39 is 132 Å². The zero-order chi connectivity index (χ0) is 91.7. The Morgan fingerprint density at radius 3 is 0.889 bits per heavy atom. The van der Waals surface area contributed by atoms with Gasteiger partial charge in [-0.25, -0.2) is 0 Å². The van der Waals surface area contributed by atoms with E-state index in [1.54, 1.807) is 15.6 Å². The van der Waals surface area contributed by atoms with Crippen molar-refractivity contribution in [2.45, 2.75) is 293 Å². The Balaban J connectivity index is 0.000000703. The van der Waals surface area contributed by atoms with E-state index in [1.165, 1.54) is 68.2 Å². The molecule has 6 nitrogen and oxygen atoms in total. The van der Waals surface area contributed by atoms with Crippen molar-refractivity contribution in [2.24, 2.45) is 0 Å². The van der Waals surface area contributed by atoms with Crippen molar-refractivity contribution in [3.8, 4) is 0 Å². The van der Waals surface area contributed by atoms with Gasteiger partial charge in [0.15, 0.2) is 0 Å². The van der Waals surface area contributed by atoms with E-state index in [0.29, 0.717) is 0 Å². The molecule has 0 radical (unpaired) electrons. The summed E-state index contributed by atoms with van der Waals surface area (Å²) in [5.41, 5.74) is 11.9. The van der Waals surface area contributed by atoms with Crippen LogP contribution in [0.5, 0.6) is 0 Å². The molecule has 654 valence electrons. The van der Waals surface area contributed by atoms with Crippen LogP contribution in [0.1, 0.15) is 50.1 Å². The van der Waals surface area contributed by atoms with Gasteiger partial charge in [-0.15, -0.1) is 0 Å². The third kappa shape index (κ3) is 34.8. The molecule has 0 heterocycles. The van der Waals surface area contributed by atoms with Crippen LogP contribution in [0, 0.1) is 0 Å². The van der Waals surface area contributed by atoms with E-state index >= 15 is 0 Å². The second-order valence-electron chi connectivity index (χ2n) is 46.1. The first kappa shape index (κ1) is 112. The highest BCUT2D eigenvalue weighted by Gasteiger charge is 2.50. The molecule has 0 amide bonds. The molecule has 0 bridgehead atoms. The van der Waals surface area contributed by atoms with Crippen LogP contribution in [-0.2, 0) is 18.1 Å². The van der Waals surface area contributed by atoms with Crippen molar-refractivity contribution in [3.05, 3.63) is 235 Å². The fourth-order valence-corrected chi connectivity index (χ4v) is 134. The fourth-order valence-electron chi connectivity index (χ4n) is 20.6. The maximum atomic E-state index is 4.02. The van der Waals surface area contributed by atoms with Crippen molar-refractivity contribution in [1.82, 2.24) is 24.0 Å². The zero-order valence-corrected chi connectivity index (χ0v) is 100. The maximum absolute atomic E-state index is 4.02. The molecule has 0 atom stereocenters. The van der Waals surface area contributed by atoms with Crippen molar-refractivity contribution in [1.29, 1.82) is 0 Å². The van der Waals surface area contributed by atoms with Crippen LogP contribution in [0.25, 0.3) is 36.5 Å². The van der Waals surface area contributed by atoms with E-state index in [1.807, 2.05) is 36.5 Å². The van der Waals surface area contributed by atoms with Crippen LogP contribution < -0.4 is 15.6 Å². The largest absolute Gasteiger partial charge is 0.368 e. The molecule has 0 aliphatic rings. The van der Waals surface area contributed by atoms with E-state index in [0.717, 1.165) is 0 Å². The quantitative estimate of drug-likeness (QED) is 0.0401. The van der Waals surface area contributed by atoms with Gasteiger partial charge in [0, 0.05) is 0 Å². The first-order valence-corrected chi connectivity index (χ1v) is 96.2. The highest BCUT2D eigenvalue weighted by Crippen LogP contribution is 2.34. The molecule has 6 aromatic rings. The van der Waals surface area contributed by atoms with Crippen LogP contribution in [0.3, 0.4) is 0 Å². The standard InChI is InChI=1S/C17H33NSi3.3C16H31NSi3.2C15H27NSi2/c1-10-16-13-11-12-14-17(16)15-21(8,9)18(19(2,3)4)20(5,6)7;1-10-15-11-13-16(14-12-15)20(8,9)17(18(2,3)4)19(5,6)7;1-10-15-12-11-13-16(14-15)20(8,9)17(18(2,3)4)19(5,6)7;1-10-15-13-11-12-14-16(15)20(8,9)17(18(2,3)4)19(5,6)7;1-8-14-9-11-15(12-10-14)13-18(6,7)16(2)17(3,4)5;1-8-14-10-9-11-15(12-14)13-18(6,7)16(2)17(3,4)5/h10-14H,1,15H2,2-9H3;3*10-14H,1H2,2-9H3;2*8-12H,1,13H2,2-7H3. The minimum absolute atomic E-state index is 1.19. The summed E-state index contributed by atoms with van der Waals surface area (Å²) in [4.78, 5) is 0. The lowest BCUT2D eigenvalue weighted by molar-refractivity contribution is 0.743. The Morgan fingerprint density at radius 2 is 0.538 bits per heavy atom. The van der Waals surface area contributed by atoms with Gasteiger partial charge in [-0.1, -0.05) is 496 Å². The van der Waals surface area contributed by atoms with Crippen LogP contribution in [0.2, 0.25) is 275 Å². The maximum Gasteiger partial charge on any atom is 0.141 e. The molecule has 0 saturated heterocycles. The molecule has 6 rings (SSSR count). The Hall–Kier alpha value is -3.01. The van der Waals surface area contributed by atoms with Crippen molar-refractivity contribution >= 4 is 184 Å². The minimum Gasteiger partial charge on any atom is -0.368 e. The summed E-state index contributed by atoms with van der Waals surface area (Å²) in [5.74, 6) is 0. The summed E-state index contributed by atoms with van der Waals surface area (Å²) in [6, 6.07) is 57.0. The molecule has 0 aliphatic heterocycles. The number of rotatable bonds is 31. The summed E-state index contributed by atoms with van der Waals surface area (Å²) < 4.78 is 17.5. The Morgan fingerprint density at radius 1 is 0.231 bits per heavy atom. The predicted octanol–water partition coefficient (Wildman–Crippen LogP) is 28.5. The summed E-state index contributed by atoms with van der Waals surface area (Å²) in [7, 11) is -17.4. The second kappa shape index (κ2) is 43.7. The second-order valence-corrected chi connectivity index (χ2v) is 127. The van der Waals surface area contributed by atoms with Crippen molar-refractivity contribution in [3.63, 3.8) is 0 Å². The summed E-state index contributed by atoms with van der Waals surface area (Å²) in [6.45, 7) is 128. The van der Waals surface area contributed by atoms with Gasteiger partial charge in [0.2, 0.25) is 0 Å². The van der Waals surface area contributed by atoms with Gasteiger partial charge in [-0.05, 0) is 97.9 Å². The normalized spacial score (nSPS) is 13.4. The number of benzene rings is 6. The molecule has 0 spiro atoms. The smallest absolute Gasteiger partial charge is 0.141 e. The molecule has 22 heteroatoms. The minimum atomic E-state index is -1.66. The molecule has 0 fully saturated rings. The van der Waals surface area contributed by atoms with Gasteiger partial charge in [0.05, 0.1) is 0 Å². The first-order chi connectivity index (χ1) is 52.4.